The van der Waals surface area contributed by atoms with Crippen molar-refractivity contribution in [1.82, 2.24) is 19.6 Å². The zero-order valence-corrected chi connectivity index (χ0v) is 10.9. The summed E-state index contributed by atoms with van der Waals surface area (Å²) in [4.78, 5) is 7.16. The van der Waals surface area contributed by atoms with E-state index in [0.717, 1.165) is 31.8 Å². The van der Waals surface area contributed by atoms with Crippen molar-refractivity contribution >= 4 is 5.65 Å². The van der Waals surface area contributed by atoms with Gasteiger partial charge in [-0.3, -0.25) is 4.90 Å². The van der Waals surface area contributed by atoms with Gasteiger partial charge in [-0.05, 0) is 38.1 Å². The molecule has 2 aromatic heterocycles. The third kappa shape index (κ3) is 2.54. The molecule has 0 aromatic carbocycles. The number of aryl methyl sites for hydroxylation is 1. The number of aromatic nitrogens is 2. The number of nitrogens with zero attached hydrogens (tertiary/aromatic N) is 3. The molecule has 1 fully saturated rings. The van der Waals surface area contributed by atoms with E-state index in [-0.39, 0.29) is 0 Å². The molecule has 4 heteroatoms. The number of hydrogen-bond donors (Lipinski definition) is 1. The van der Waals surface area contributed by atoms with Crippen LogP contribution in [0.25, 0.3) is 5.65 Å². The van der Waals surface area contributed by atoms with E-state index in [1.165, 1.54) is 24.2 Å². The van der Waals surface area contributed by atoms with Gasteiger partial charge < -0.3 is 9.72 Å². The first kappa shape index (κ1) is 11.7. The SMILES string of the molecule is Cc1ccc2nc(CN3CCCNCC3)cn2c1. The van der Waals surface area contributed by atoms with Gasteiger partial charge >= 0.3 is 0 Å². The lowest BCUT2D eigenvalue weighted by atomic mass is 10.3. The van der Waals surface area contributed by atoms with Crippen LogP contribution in [0.2, 0.25) is 0 Å². The molecule has 96 valence electrons. The molecule has 1 saturated heterocycles. The lowest BCUT2D eigenvalue weighted by molar-refractivity contribution is 0.281. The second-order valence-electron chi connectivity index (χ2n) is 5.08. The highest BCUT2D eigenvalue weighted by Crippen LogP contribution is 2.10. The molecule has 0 unspecified atom stereocenters. The summed E-state index contributed by atoms with van der Waals surface area (Å²) in [7, 11) is 0. The Morgan fingerprint density at radius 2 is 2.17 bits per heavy atom. The fourth-order valence-corrected chi connectivity index (χ4v) is 2.52. The summed E-state index contributed by atoms with van der Waals surface area (Å²) in [6, 6.07) is 4.20. The first-order valence-corrected chi connectivity index (χ1v) is 6.68. The fourth-order valence-electron chi connectivity index (χ4n) is 2.52. The van der Waals surface area contributed by atoms with Crippen molar-refractivity contribution in [1.29, 1.82) is 0 Å². The Bertz CT molecular complexity index is 524. The highest BCUT2D eigenvalue weighted by molar-refractivity contribution is 5.41. The Hall–Kier alpha value is -1.39. The molecule has 1 aliphatic heterocycles. The number of hydrogen-bond acceptors (Lipinski definition) is 3. The van der Waals surface area contributed by atoms with E-state index in [1.807, 2.05) is 0 Å². The standard InChI is InChI=1S/C14H20N4/c1-12-3-4-14-16-13(11-18(14)9-12)10-17-7-2-5-15-6-8-17/h3-4,9,11,15H,2,5-8,10H2,1H3. The normalized spacial score (nSPS) is 18.1. The molecule has 1 N–H and O–H groups in total. The van der Waals surface area contributed by atoms with Gasteiger partial charge in [-0.15, -0.1) is 0 Å². The van der Waals surface area contributed by atoms with Crippen LogP contribution in [-0.4, -0.2) is 40.5 Å². The Morgan fingerprint density at radius 1 is 1.22 bits per heavy atom. The maximum Gasteiger partial charge on any atom is 0.137 e. The second kappa shape index (κ2) is 5.08. The molecular weight excluding hydrogens is 224 g/mol. The first-order valence-electron chi connectivity index (χ1n) is 6.68. The quantitative estimate of drug-likeness (QED) is 0.867. The summed E-state index contributed by atoms with van der Waals surface area (Å²) in [5.41, 5.74) is 3.48. The van der Waals surface area contributed by atoms with Crippen LogP contribution in [0.15, 0.2) is 24.5 Å². The number of nitrogens with one attached hydrogen (secondary N) is 1. The van der Waals surface area contributed by atoms with E-state index in [9.17, 15) is 0 Å². The van der Waals surface area contributed by atoms with Crippen LogP contribution in [0.4, 0.5) is 0 Å². The molecule has 3 rings (SSSR count). The Kier molecular flexibility index (Phi) is 3.30. The largest absolute Gasteiger partial charge is 0.315 e. The minimum Gasteiger partial charge on any atom is -0.315 e. The Labute approximate surface area is 108 Å². The van der Waals surface area contributed by atoms with Crippen LogP contribution in [0.5, 0.6) is 0 Å². The monoisotopic (exact) mass is 244 g/mol. The van der Waals surface area contributed by atoms with Gasteiger partial charge in [-0.2, -0.15) is 0 Å². The maximum absolute atomic E-state index is 4.68. The molecular formula is C14H20N4. The molecule has 18 heavy (non-hydrogen) atoms. The van der Waals surface area contributed by atoms with Crippen molar-refractivity contribution in [3.63, 3.8) is 0 Å². The number of fused-ring (bicyclic) bond motifs is 1. The van der Waals surface area contributed by atoms with Gasteiger partial charge in [0.25, 0.3) is 0 Å². The molecule has 0 atom stereocenters. The minimum atomic E-state index is 0.961. The van der Waals surface area contributed by atoms with Crippen molar-refractivity contribution in [3.05, 3.63) is 35.8 Å². The van der Waals surface area contributed by atoms with Gasteiger partial charge in [-0.25, -0.2) is 4.98 Å². The average Bonchev–Trinajstić information content (AvgIpc) is 2.57. The van der Waals surface area contributed by atoms with Gasteiger partial charge in [0.15, 0.2) is 0 Å². The molecule has 4 nitrogen and oxygen atoms in total. The minimum absolute atomic E-state index is 0.961. The highest BCUT2D eigenvalue weighted by atomic mass is 15.2. The maximum atomic E-state index is 4.68. The lowest BCUT2D eigenvalue weighted by Crippen LogP contribution is -2.27. The van der Waals surface area contributed by atoms with Gasteiger partial charge in [0.1, 0.15) is 5.65 Å². The summed E-state index contributed by atoms with van der Waals surface area (Å²) in [6.45, 7) is 7.59. The molecule has 0 saturated carbocycles. The summed E-state index contributed by atoms with van der Waals surface area (Å²) >= 11 is 0. The molecule has 0 amide bonds. The van der Waals surface area contributed by atoms with Crippen LogP contribution in [0.3, 0.4) is 0 Å². The summed E-state index contributed by atoms with van der Waals surface area (Å²) in [5.74, 6) is 0. The van der Waals surface area contributed by atoms with Crippen molar-refractivity contribution in [2.24, 2.45) is 0 Å². The zero-order valence-electron chi connectivity index (χ0n) is 10.9. The molecule has 0 spiro atoms. The van der Waals surface area contributed by atoms with Crippen LogP contribution < -0.4 is 5.32 Å². The predicted molar refractivity (Wildman–Crippen MR) is 72.7 cm³/mol. The van der Waals surface area contributed by atoms with Gasteiger partial charge in [0, 0.05) is 32.0 Å². The zero-order chi connectivity index (χ0) is 12.4. The van der Waals surface area contributed by atoms with Crippen molar-refractivity contribution in [2.45, 2.75) is 19.9 Å². The smallest absolute Gasteiger partial charge is 0.137 e. The summed E-state index contributed by atoms with van der Waals surface area (Å²) < 4.78 is 2.13. The molecule has 0 bridgehead atoms. The number of rotatable bonds is 2. The molecule has 3 heterocycles. The first-order chi connectivity index (χ1) is 8.81. The van der Waals surface area contributed by atoms with Gasteiger partial charge in [0.05, 0.1) is 5.69 Å². The third-order valence-corrected chi connectivity index (χ3v) is 3.47. The summed E-state index contributed by atoms with van der Waals surface area (Å²) in [6.07, 6.45) is 5.52. The second-order valence-corrected chi connectivity index (χ2v) is 5.08. The predicted octanol–water partition coefficient (Wildman–Crippen LogP) is 1.44. The van der Waals surface area contributed by atoms with E-state index in [1.54, 1.807) is 0 Å². The van der Waals surface area contributed by atoms with Crippen molar-refractivity contribution in [3.8, 4) is 0 Å². The Balaban J connectivity index is 1.77. The van der Waals surface area contributed by atoms with Gasteiger partial charge in [-0.1, -0.05) is 6.07 Å². The summed E-state index contributed by atoms with van der Waals surface area (Å²) in [5, 5.41) is 3.43. The molecule has 1 aliphatic rings. The van der Waals surface area contributed by atoms with Crippen molar-refractivity contribution in [2.75, 3.05) is 26.2 Å². The van der Waals surface area contributed by atoms with E-state index < -0.39 is 0 Å². The molecule has 0 aliphatic carbocycles. The van der Waals surface area contributed by atoms with Crippen molar-refractivity contribution < 1.29 is 0 Å². The Morgan fingerprint density at radius 3 is 3.11 bits per heavy atom. The lowest BCUT2D eigenvalue weighted by Gasteiger charge is -2.17. The van der Waals surface area contributed by atoms with E-state index >= 15 is 0 Å². The topological polar surface area (TPSA) is 32.6 Å². The van der Waals surface area contributed by atoms with Crippen LogP contribution >= 0.6 is 0 Å². The van der Waals surface area contributed by atoms with E-state index in [0.29, 0.717) is 0 Å². The third-order valence-electron chi connectivity index (χ3n) is 3.47. The van der Waals surface area contributed by atoms with Gasteiger partial charge in [0.2, 0.25) is 0 Å². The van der Waals surface area contributed by atoms with Crippen LogP contribution in [-0.2, 0) is 6.54 Å². The van der Waals surface area contributed by atoms with Crippen LogP contribution in [0, 0.1) is 6.92 Å². The number of imidazole rings is 1. The van der Waals surface area contributed by atoms with E-state index in [4.69, 9.17) is 0 Å². The average molecular weight is 244 g/mol. The fraction of sp³-hybridized carbons (Fsp3) is 0.500. The molecule has 0 radical (unpaired) electrons. The van der Waals surface area contributed by atoms with E-state index in [2.05, 4.69) is 51.1 Å². The van der Waals surface area contributed by atoms with Crippen LogP contribution in [0.1, 0.15) is 17.7 Å². The molecule has 2 aromatic rings. The number of pyridine rings is 1. The highest BCUT2D eigenvalue weighted by Gasteiger charge is 2.11.